The molecule has 2 N–H and O–H groups in total. The fraction of sp³-hybridized carbons (Fsp3) is 0.167. The molecule has 0 atom stereocenters. The van der Waals surface area contributed by atoms with E-state index in [4.69, 9.17) is 0 Å². The van der Waals surface area contributed by atoms with Crippen LogP contribution in [0, 0.1) is 0 Å². The van der Waals surface area contributed by atoms with E-state index in [-0.39, 0.29) is 5.75 Å². The molecule has 0 fully saturated rings. The number of hydrogen-bond donors (Lipinski definition) is 2. The lowest BCUT2D eigenvalue weighted by Gasteiger charge is -2.12. The molecule has 0 aliphatic heterocycles. The van der Waals surface area contributed by atoms with Gasteiger partial charge in [-0.2, -0.15) is 0 Å². The molecule has 3 heteroatoms. The molecule has 0 saturated carbocycles. The van der Waals surface area contributed by atoms with E-state index >= 15 is 0 Å². The van der Waals surface area contributed by atoms with E-state index in [0.717, 1.165) is 23.1 Å². The predicted octanol–water partition coefficient (Wildman–Crippen LogP) is 3.25. The molecule has 0 amide bonds. The van der Waals surface area contributed by atoms with Crippen molar-refractivity contribution in [2.45, 2.75) is 13.0 Å². The minimum atomic E-state index is 0.286. The number of nitrogens with zero attached hydrogens (tertiary/aromatic N) is 1. The lowest BCUT2D eigenvalue weighted by Crippen LogP contribution is -2.07. The summed E-state index contributed by atoms with van der Waals surface area (Å²) in [5, 5.41) is 14.7. The van der Waals surface area contributed by atoms with Crippen LogP contribution < -0.4 is 5.32 Å². The number of benzene rings is 2. The molecule has 106 valence electrons. The molecule has 0 bridgehead atoms. The van der Waals surface area contributed by atoms with Gasteiger partial charge in [0.05, 0.1) is 0 Å². The first kappa shape index (κ1) is 13.6. The van der Waals surface area contributed by atoms with Gasteiger partial charge in [-0.05, 0) is 30.3 Å². The Labute approximate surface area is 124 Å². The summed E-state index contributed by atoms with van der Waals surface area (Å²) in [5.74, 6) is 0.286. The van der Waals surface area contributed by atoms with Crippen molar-refractivity contribution in [3.63, 3.8) is 0 Å². The molecule has 0 unspecified atom stereocenters. The van der Waals surface area contributed by atoms with Gasteiger partial charge in [-0.1, -0.05) is 36.4 Å². The van der Waals surface area contributed by atoms with Crippen LogP contribution in [0.15, 0.2) is 54.7 Å². The van der Waals surface area contributed by atoms with E-state index in [2.05, 4.69) is 28.5 Å². The molecule has 21 heavy (non-hydrogen) atoms. The molecular weight excluding hydrogens is 260 g/mol. The van der Waals surface area contributed by atoms with Crippen LogP contribution in [0.5, 0.6) is 5.75 Å². The molecule has 2 aromatic carbocycles. The minimum Gasteiger partial charge on any atom is -0.505 e. The van der Waals surface area contributed by atoms with Crippen molar-refractivity contribution < 1.29 is 5.11 Å². The first-order valence-electron chi connectivity index (χ1n) is 7.06. The molecule has 0 radical (unpaired) electrons. The maximum atomic E-state index is 10.5. The van der Waals surface area contributed by atoms with Crippen molar-refractivity contribution in [2.24, 2.45) is 0 Å². The van der Waals surface area contributed by atoms with Crippen molar-refractivity contribution >= 4 is 10.9 Å². The Morgan fingerprint density at radius 2 is 1.86 bits per heavy atom. The third kappa shape index (κ3) is 2.73. The highest BCUT2D eigenvalue weighted by Gasteiger charge is 2.12. The van der Waals surface area contributed by atoms with E-state index < -0.39 is 0 Å². The molecule has 3 rings (SSSR count). The second kappa shape index (κ2) is 5.94. The topological polar surface area (TPSA) is 45.1 Å². The van der Waals surface area contributed by atoms with Crippen LogP contribution in [-0.4, -0.2) is 17.1 Å². The quantitative estimate of drug-likeness (QED) is 0.770. The highest BCUT2D eigenvalue weighted by Crippen LogP contribution is 2.31. The summed E-state index contributed by atoms with van der Waals surface area (Å²) in [5.41, 5.74) is 3.93. The van der Waals surface area contributed by atoms with Crippen LogP contribution in [0.4, 0.5) is 0 Å². The molecule has 3 nitrogen and oxygen atoms in total. The van der Waals surface area contributed by atoms with Gasteiger partial charge >= 0.3 is 0 Å². The number of fused-ring (bicyclic) bond motifs is 1. The van der Waals surface area contributed by atoms with Gasteiger partial charge in [0.1, 0.15) is 11.3 Å². The van der Waals surface area contributed by atoms with Crippen molar-refractivity contribution in [3.8, 4) is 5.75 Å². The number of aromatic nitrogens is 1. The summed E-state index contributed by atoms with van der Waals surface area (Å²) in [7, 11) is 1.92. The van der Waals surface area contributed by atoms with Crippen LogP contribution in [0.25, 0.3) is 10.9 Å². The molecule has 0 aliphatic rings. The van der Waals surface area contributed by atoms with E-state index in [1.54, 1.807) is 6.20 Å². The second-order valence-electron chi connectivity index (χ2n) is 5.14. The van der Waals surface area contributed by atoms with Crippen LogP contribution >= 0.6 is 0 Å². The van der Waals surface area contributed by atoms with E-state index in [1.165, 1.54) is 5.56 Å². The zero-order valence-electron chi connectivity index (χ0n) is 12.0. The van der Waals surface area contributed by atoms with Crippen LogP contribution in [0.2, 0.25) is 0 Å². The maximum absolute atomic E-state index is 10.5. The first-order valence-corrected chi connectivity index (χ1v) is 7.06. The van der Waals surface area contributed by atoms with Crippen LogP contribution in [-0.2, 0) is 13.0 Å². The van der Waals surface area contributed by atoms with E-state index in [9.17, 15) is 5.11 Å². The third-order valence-electron chi connectivity index (χ3n) is 3.64. The standard InChI is InChI=1S/C18H18N2O/c1-19-12-15-11-14(10-13-6-3-2-4-7-13)18(21)17-16(15)8-5-9-20-17/h2-9,11,19,21H,10,12H2,1H3. The Balaban J connectivity index is 2.12. The summed E-state index contributed by atoms with van der Waals surface area (Å²) < 4.78 is 0. The number of hydrogen-bond acceptors (Lipinski definition) is 3. The fourth-order valence-corrected chi connectivity index (χ4v) is 2.65. The summed E-state index contributed by atoms with van der Waals surface area (Å²) in [6.07, 6.45) is 2.42. The van der Waals surface area contributed by atoms with Crippen LogP contribution in [0.1, 0.15) is 16.7 Å². The number of phenolic OH excluding ortho intramolecular Hbond substituents is 1. The van der Waals surface area contributed by atoms with E-state index in [0.29, 0.717) is 11.9 Å². The predicted molar refractivity (Wildman–Crippen MR) is 85.4 cm³/mol. The molecule has 3 aromatic rings. The Morgan fingerprint density at radius 3 is 2.62 bits per heavy atom. The largest absolute Gasteiger partial charge is 0.505 e. The smallest absolute Gasteiger partial charge is 0.145 e. The molecule has 0 saturated heterocycles. The first-order chi connectivity index (χ1) is 10.3. The fourth-order valence-electron chi connectivity index (χ4n) is 2.65. The molecule has 1 aromatic heterocycles. The van der Waals surface area contributed by atoms with Crippen molar-refractivity contribution in [3.05, 3.63) is 71.4 Å². The number of pyridine rings is 1. The van der Waals surface area contributed by atoms with Gasteiger partial charge in [0, 0.05) is 30.1 Å². The highest BCUT2D eigenvalue weighted by atomic mass is 16.3. The van der Waals surface area contributed by atoms with Gasteiger partial charge in [-0.3, -0.25) is 4.98 Å². The minimum absolute atomic E-state index is 0.286. The van der Waals surface area contributed by atoms with Gasteiger partial charge in [0.25, 0.3) is 0 Å². The summed E-state index contributed by atoms with van der Waals surface area (Å²) in [6, 6.07) is 16.1. The van der Waals surface area contributed by atoms with Gasteiger partial charge < -0.3 is 10.4 Å². The lowest BCUT2D eigenvalue weighted by molar-refractivity contribution is 0.474. The van der Waals surface area contributed by atoms with Crippen molar-refractivity contribution in [1.82, 2.24) is 10.3 Å². The van der Waals surface area contributed by atoms with E-state index in [1.807, 2.05) is 37.4 Å². The molecule has 0 aliphatic carbocycles. The maximum Gasteiger partial charge on any atom is 0.145 e. The lowest BCUT2D eigenvalue weighted by atomic mass is 9.98. The Kier molecular flexibility index (Phi) is 3.84. The summed E-state index contributed by atoms with van der Waals surface area (Å²) in [4.78, 5) is 4.35. The zero-order chi connectivity index (χ0) is 14.7. The number of rotatable bonds is 4. The average molecular weight is 278 g/mol. The molecular formula is C18H18N2O. The molecule has 1 heterocycles. The Morgan fingerprint density at radius 1 is 1.05 bits per heavy atom. The average Bonchev–Trinajstić information content (AvgIpc) is 2.53. The third-order valence-corrected chi connectivity index (χ3v) is 3.64. The second-order valence-corrected chi connectivity index (χ2v) is 5.14. The monoisotopic (exact) mass is 278 g/mol. The van der Waals surface area contributed by atoms with Crippen molar-refractivity contribution in [2.75, 3.05) is 7.05 Å². The van der Waals surface area contributed by atoms with Gasteiger partial charge in [-0.25, -0.2) is 0 Å². The van der Waals surface area contributed by atoms with Gasteiger partial charge in [0.15, 0.2) is 0 Å². The van der Waals surface area contributed by atoms with Gasteiger partial charge in [-0.15, -0.1) is 0 Å². The Hall–Kier alpha value is -2.39. The Bertz CT molecular complexity index is 754. The number of phenols is 1. The van der Waals surface area contributed by atoms with Crippen molar-refractivity contribution in [1.29, 1.82) is 0 Å². The highest BCUT2D eigenvalue weighted by molar-refractivity contribution is 5.88. The van der Waals surface area contributed by atoms with Gasteiger partial charge in [0.2, 0.25) is 0 Å². The number of aromatic hydroxyl groups is 1. The zero-order valence-corrected chi connectivity index (χ0v) is 12.0. The SMILES string of the molecule is CNCc1cc(Cc2ccccc2)c(O)c2ncccc12. The van der Waals surface area contributed by atoms with Crippen LogP contribution in [0.3, 0.4) is 0 Å². The summed E-state index contributed by atoms with van der Waals surface area (Å²) >= 11 is 0. The number of nitrogens with one attached hydrogen (secondary N) is 1. The summed E-state index contributed by atoms with van der Waals surface area (Å²) in [6.45, 7) is 0.754. The molecule has 0 spiro atoms. The normalized spacial score (nSPS) is 10.9.